The van der Waals surface area contributed by atoms with Gasteiger partial charge in [0.05, 0.1) is 0 Å². The third kappa shape index (κ3) is 7.09. The highest BCUT2D eigenvalue weighted by Crippen LogP contribution is 2.15. The predicted molar refractivity (Wildman–Crippen MR) is 89.7 cm³/mol. The van der Waals surface area contributed by atoms with E-state index in [1.807, 2.05) is 11.9 Å². The van der Waals surface area contributed by atoms with Crippen molar-refractivity contribution in [2.75, 3.05) is 19.6 Å². The van der Waals surface area contributed by atoms with Crippen LogP contribution in [-0.4, -0.2) is 47.4 Å². The molecule has 7 heteroatoms. The van der Waals surface area contributed by atoms with E-state index in [1.54, 1.807) is 0 Å². The van der Waals surface area contributed by atoms with Gasteiger partial charge in [0.1, 0.15) is 5.84 Å². The van der Waals surface area contributed by atoms with Gasteiger partial charge >= 0.3 is 0 Å². The van der Waals surface area contributed by atoms with Crippen LogP contribution < -0.4 is 17.3 Å². The lowest BCUT2D eigenvalue weighted by Gasteiger charge is -2.39. The zero-order valence-electron chi connectivity index (χ0n) is 13.8. The predicted octanol–water partition coefficient (Wildman–Crippen LogP) is 0.745. The number of hydrazine groups is 1. The Morgan fingerprint density at radius 2 is 2.00 bits per heavy atom. The number of nitrogens with two attached hydrogens (primary N) is 3. The minimum atomic E-state index is 0.175. The molecular formula is C15H32N6O. The minimum absolute atomic E-state index is 0.175. The summed E-state index contributed by atoms with van der Waals surface area (Å²) in [4.78, 5) is 12.1. The standard InChI is InChI=1S/C15H32N6O/c1-13(16)9-12-20-10-6-8-15(22)21(20)11-5-3-2-4-7-14(17)19-18/h13H,2-12,16,18H2,1H3,(H2,17,19)/t13-/m0/s1. The summed E-state index contributed by atoms with van der Waals surface area (Å²) in [5.74, 6) is 5.85. The molecule has 128 valence electrons. The number of carbonyl (C=O) groups excluding carboxylic acids is 1. The van der Waals surface area contributed by atoms with Gasteiger partial charge in [0.15, 0.2) is 0 Å². The number of amidine groups is 1. The quantitative estimate of drug-likeness (QED) is 0.181. The summed E-state index contributed by atoms with van der Waals surface area (Å²) in [7, 11) is 0. The molecule has 0 bridgehead atoms. The summed E-state index contributed by atoms with van der Waals surface area (Å²) in [5.41, 5.74) is 11.4. The Bertz CT molecular complexity index is 358. The van der Waals surface area contributed by atoms with Gasteiger partial charge in [-0.3, -0.25) is 9.80 Å². The molecule has 0 aromatic rings. The van der Waals surface area contributed by atoms with E-state index in [-0.39, 0.29) is 11.9 Å². The van der Waals surface area contributed by atoms with Crippen LogP contribution in [0.2, 0.25) is 0 Å². The second-order valence-electron chi connectivity index (χ2n) is 6.12. The Morgan fingerprint density at radius 3 is 2.68 bits per heavy atom. The van der Waals surface area contributed by atoms with Gasteiger partial charge in [0.25, 0.3) is 0 Å². The fraction of sp³-hybridized carbons (Fsp3) is 0.867. The maximum atomic E-state index is 12.1. The maximum absolute atomic E-state index is 12.1. The average molecular weight is 312 g/mol. The van der Waals surface area contributed by atoms with E-state index < -0.39 is 0 Å². The molecule has 7 nitrogen and oxygen atoms in total. The Balaban J connectivity index is 2.25. The molecule has 0 aliphatic carbocycles. The highest BCUT2D eigenvalue weighted by molar-refractivity contribution is 5.79. The van der Waals surface area contributed by atoms with Gasteiger partial charge < -0.3 is 17.3 Å². The van der Waals surface area contributed by atoms with Gasteiger partial charge in [0.2, 0.25) is 5.91 Å². The van der Waals surface area contributed by atoms with E-state index in [0.29, 0.717) is 12.3 Å². The zero-order chi connectivity index (χ0) is 16.4. The van der Waals surface area contributed by atoms with E-state index >= 15 is 0 Å². The lowest BCUT2D eigenvalue weighted by Crippen LogP contribution is -2.51. The van der Waals surface area contributed by atoms with E-state index in [9.17, 15) is 4.79 Å². The third-order valence-electron chi connectivity index (χ3n) is 4.00. The first-order valence-corrected chi connectivity index (χ1v) is 8.37. The first kappa shape index (κ1) is 18.7. The monoisotopic (exact) mass is 312 g/mol. The zero-order valence-corrected chi connectivity index (χ0v) is 13.8. The number of hydrogen-bond acceptors (Lipinski definition) is 5. The van der Waals surface area contributed by atoms with Crippen molar-refractivity contribution in [2.45, 2.75) is 64.3 Å². The second kappa shape index (κ2) is 10.4. The fourth-order valence-electron chi connectivity index (χ4n) is 2.66. The van der Waals surface area contributed by atoms with Gasteiger partial charge in [-0.1, -0.05) is 12.8 Å². The van der Waals surface area contributed by atoms with Crippen LogP contribution in [0.5, 0.6) is 0 Å². The summed E-state index contributed by atoms with van der Waals surface area (Å²) in [6, 6.07) is 0.175. The van der Waals surface area contributed by atoms with Crippen LogP contribution in [-0.2, 0) is 4.79 Å². The molecule has 0 radical (unpaired) electrons. The van der Waals surface area contributed by atoms with Crippen molar-refractivity contribution in [3.63, 3.8) is 0 Å². The molecule has 0 aromatic carbocycles. The van der Waals surface area contributed by atoms with Crippen LogP contribution >= 0.6 is 0 Å². The van der Waals surface area contributed by atoms with Gasteiger partial charge in [-0.25, -0.2) is 5.01 Å². The Hall–Kier alpha value is -1.34. The SMILES string of the molecule is C[C@H](N)CCN1CCCC(=O)N1CCCCCCC(N)=NN. The van der Waals surface area contributed by atoms with Crippen LogP contribution in [0.3, 0.4) is 0 Å². The van der Waals surface area contributed by atoms with Crippen LogP contribution in [0.15, 0.2) is 5.10 Å². The maximum Gasteiger partial charge on any atom is 0.236 e. The number of unbranched alkanes of at least 4 members (excludes halogenated alkanes) is 3. The van der Waals surface area contributed by atoms with Gasteiger partial charge in [-0.15, -0.1) is 0 Å². The summed E-state index contributed by atoms with van der Waals surface area (Å²) in [6.07, 6.45) is 7.46. The second-order valence-corrected chi connectivity index (χ2v) is 6.12. The fourth-order valence-corrected chi connectivity index (χ4v) is 2.66. The summed E-state index contributed by atoms with van der Waals surface area (Å²) >= 11 is 0. The Kier molecular flexibility index (Phi) is 8.84. The van der Waals surface area contributed by atoms with Crippen LogP contribution in [0.4, 0.5) is 0 Å². The smallest absolute Gasteiger partial charge is 0.236 e. The molecule has 1 aliphatic heterocycles. The molecule has 1 aliphatic rings. The molecule has 22 heavy (non-hydrogen) atoms. The molecule has 1 saturated heterocycles. The van der Waals surface area contributed by atoms with Crippen LogP contribution in [0, 0.1) is 0 Å². The highest BCUT2D eigenvalue weighted by atomic mass is 16.2. The van der Waals surface area contributed by atoms with Crippen molar-refractivity contribution in [1.82, 2.24) is 10.0 Å². The Morgan fingerprint density at radius 1 is 1.27 bits per heavy atom. The van der Waals surface area contributed by atoms with Crippen LogP contribution in [0.1, 0.15) is 58.3 Å². The van der Waals surface area contributed by atoms with Gasteiger partial charge in [-0.05, 0) is 32.6 Å². The van der Waals surface area contributed by atoms with Crippen molar-refractivity contribution in [3.05, 3.63) is 0 Å². The summed E-state index contributed by atoms with van der Waals surface area (Å²) in [5, 5.41) is 7.57. The number of nitrogens with zero attached hydrogens (tertiary/aromatic N) is 3. The molecule has 0 unspecified atom stereocenters. The third-order valence-corrected chi connectivity index (χ3v) is 4.00. The topological polar surface area (TPSA) is 114 Å². The summed E-state index contributed by atoms with van der Waals surface area (Å²) in [6.45, 7) is 4.64. The molecule has 6 N–H and O–H groups in total. The van der Waals surface area contributed by atoms with Crippen molar-refractivity contribution in [1.29, 1.82) is 0 Å². The van der Waals surface area contributed by atoms with E-state index in [1.165, 1.54) is 0 Å². The highest BCUT2D eigenvalue weighted by Gasteiger charge is 2.25. The van der Waals surface area contributed by atoms with Crippen molar-refractivity contribution >= 4 is 11.7 Å². The first-order valence-electron chi connectivity index (χ1n) is 8.37. The van der Waals surface area contributed by atoms with Crippen molar-refractivity contribution in [2.24, 2.45) is 22.4 Å². The van der Waals surface area contributed by atoms with Crippen molar-refractivity contribution in [3.8, 4) is 0 Å². The van der Waals surface area contributed by atoms with E-state index in [4.69, 9.17) is 17.3 Å². The van der Waals surface area contributed by atoms with E-state index in [2.05, 4.69) is 10.1 Å². The molecule has 1 rings (SSSR count). The Labute approximate surface area is 133 Å². The molecule has 1 heterocycles. The van der Waals surface area contributed by atoms with Crippen LogP contribution in [0.25, 0.3) is 0 Å². The number of hydrazone groups is 1. The molecular weight excluding hydrogens is 280 g/mol. The minimum Gasteiger partial charge on any atom is -0.386 e. The number of rotatable bonds is 10. The molecule has 0 aromatic heterocycles. The first-order chi connectivity index (χ1) is 10.5. The number of amides is 1. The largest absolute Gasteiger partial charge is 0.386 e. The molecule has 1 amide bonds. The lowest BCUT2D eigenvalue weighted by atomic mass is 10.1. The van der Waals surface area contributed by atoms with Gasteiger partial charge in [0, 0.05) is 38.5 Å². The number of carbonyl (C=O) groups is 1. The van der Waals surface area contributed by atoms with Gasteiger partial charge in [-0.2, -0.15) is 5.10 Å². The molecule has 0 spiro atoms. The molecule has 1 atom stereocenters. The molecule has 1 fully saturated rings. The normalized spacial score (nSPS) is 18.7. The lowest BCUT2D eigenvalue weighted by molar-refractivity contribution is -0.155. The molecule has 0 saturated carbocycles. The summed E-state index contributed by atoms with van der Waals surface area (Å²) < 4.78 is 0. The average Bonchev–Trinajstić information content (AvgIpc) is 2.49. The van der Waals surface area contributed by atoms with E-state index in [0.717, 1.165) is 64.6 Å². The van der Waals surface area contributed by atoms with Crippen molar-refractivity contribution < 1.29 is 4.79 Å². The number of hydrogen-bond donors (Lipinski definition) is 3.